The van der Waals surface area contributed by atoms with Crippen LogP contribution in [0.3, 0.4) is 0 Å². The molecule has 15 heavy (non-hydrogen) atoms. The van der Waals surface area contributed by atoms with Gasteiger partial charge in [0.1, 0.15) is 17.9 Å². The Hall–Kier alpha value is -1.24. The quantitative estimate of drug-likeness (QED) is 0.853. The summed E-state index contributed by atoms with van der Waals surface area (Å²) < 4.78 is 5.58. The average Bonchev–Trinajstić information content (AvgIpc) is 2.18. The lowest BCUT2D eigenvalue weighted by Gasteiger charge is -2.14. The first-order valence-electron chi connectivity index (χ1n) is 4.68. The van der Waals surface area contributed by atoms with Crippen LogP contribution in [-0.2, 0) is 0 Å². The molecule has 3 nitrogen and oxygen atoms in total. The molecule has 1 atom stereocenters. The monoisotopic (exact) mass is 224 g/mol. The Bertz CT molecular complexity index is 373. The first kappa shape index (κ1) is 11.8. The van der Waals surface area contributed by atoms with Crippen LogP contribution in [0.25, 0.3) is 0 Å². The molecule has 0 aliphatic heterocycles. The first-order valence-corrected chi connectivity index (χ1v) is 5.06. The molecule has 1 N–H and O–H groups in total. The van der Waals surface area contributed by atoms with Gasteiger partial charge in [0.15, 0.2) is 0 Å². The van der Waals surface area contributed by atoms with Gasteiger partial charge in [-0.15, -0.1) is 0 Å². The van der Waals surface area contributed by atoms with E-state index in [4.69, 9.17) is 21.6 Å². The van der Waals surface area contributed by atoms with Crippen molar-refractivity contribution in [2.75, 3.05) is 13.6 Å². The summed E-state index contributed by atoms with van der Waals surface area (Å²) in [5, 5.41) is 12.1. The van der Waals surface area contributed by atoms with Crippen LogP contribution in [0, 0.1) is 11.3 Å². The number of likely N-dealkylation sites (N-methyl/N-ethyl adjacent to an activating group) is 1. The molecule has 0 fully saturated rings. The Morgan fingerprint density at radius 3 is 2.87 bits per heavy atom. The predicted molar refractivity (Wildman–Crippen MR) is 60.2 cm³/mol. The molecule has 0 aliphatic carbocycles. The zero-order valence-electron chi connectivity index (χ0n) is 8.75. The van der Waals surface area contributed by atoms with E-state index in [1.54, 1.807) is 18.2 Å². The van der Waals surface area contributed by atoms with Gasteiger partial charge in [-0.3, -0.25) is 0 Å². The highest BCUT2D eigenvalue weighted by atomic mass is 35.5. The average molecular weight is 225 g/mol. The minimum atomic E-state index is 0.0685. The van der Waals surface area contributed by atoms with E-state index in [0.29, 0.717) is 16.3 Å². The number of hydrogen-bond donors (Lipinski definition) is 1. The summed E-state index contributed by atoms with van der Waals surface area (Å²) in [6, 6.07) is 7.06. The standard InChI is InChI=1S/C11H13ClN2O/c1-8(7-14-2)15-10-4-3-9(6-13)11(12)5-10/h3-5,8,14H,7H2,1-2H3. The zero-order chi connectivity index (χ0) is 11.3. The van der Waals surface area contributed by atoms with Crippen molar-refractivity contribution >= 4 is 11.6 Å². The van der Waals surface area contributed by atoms with Crippen molar-refractivity contribution in [3.63, 3.8) is 0 Å². The van der Waals surface area contributed by atoms with Crippen LogP contribution in [0.2, 0.25) is 5.02 Å². The number of nitriles is 1. The molecule has 0 saturated carbocycles. The fourth-order valence-corrected chi connectivity index (χ4v) is 1.43. The first-order chi connectivity index (χ1) is 7.17. The van der Waals surface area contributed by atoms with Crippen molar-refractivity contribution < 1.29 is 4.74 Å². The number of halogens is 1. The van der Waals surface area contributed by atoms with Crippen molar-refractivity contribution in [3.05, 3.63) is 28.8 Å². The van der Waals surface area contributed by atoms with Crippen LogP contribution in [0.1, 0.15) is 12.5 Å². The topological polar surface area (TPSA) is 45.0 Å². The Morgan fingerprint density at radius 1 is 1.60 bits per heavy atom. The molecule has 80 valence electrons. The number of rotatable bonds is 4. The minimum Gasteiger partial charge on any atom is -0.489 e. The molecule has 0 bridgehead atoms. The van der Waals surface area contributed by atoms with Crippen molar-refractivity contribution in [1.29, 1.82) is 5.26 Å². The summed E-state index contributed by atoms with van der Waals surface area (Å²) in [6.07, 6.45) is 0.0685. The van der Waals surface area contributed by atoms with E-state index >= 15 is 0 Å². The Balaban J connectivity index is 2.72. The van der Waals surface area contributed by atoms with Crippen molar-refractivity contribution in [1.82, 2.24) is 5.32 Å². The fraction of sp³-hybridized carbons (Fsp3) is 0.364. The molecule has 0 heterocycles. The molecular formula is C11H13ClN2O. The lowest BCUT2D eigenvalue weighted by atomic mass is 10.2. The molecule has 0 aromatic heterocycles. The van der Waals surface area contributed by atoms with Crippen LogP contribution in [0.15, 0.2) is 18.2 Å². The number of nitrogens with one attached hydrogen (secondary N) is 1. The van der Waals surface area contributed by atoms with Crippen LogP contribution < -0.4 is 10.1 Å². The minimum absolute atomic E-state index is 0.0685. The third-order valence-electron chi connectivity index (χ3n) is 1.89. The summed E-state index contributed by atoms with van der Waals surface area (Å²) in [6.45, 7) is 2.72. The molecule has 0 amide bonds. The van der Waals surface area contributed by atoms with Crippen molar-refractivity contribution in [3.8, 4) is 11.8 Å². The molecule has 0 aliphatic rings. The second kappa shape index (κ2) is 5.59. The van der Waals surface area contributed by atoms with Gasteiger partial charge in [-0.2, -0.15) is 5.26 Å². The van der Waals surface area contributed by atoms with E-state index in [9.17, 15) is 0 Å². The number of nitrogens with zero attached hydrogens (tertiary/aromatic N) is 1. The highest BCUT2D eigenvalue weighted by molar-refractivity contribution is 6.31. The number of hydrogen-bond acceptors (Lipinski definition) is 3. The summed E-state index contributed by atoms with van der Waals surface area (Å²) in [4.78, 5) is 0. The van der Waals surface area contributed by atoms with Crippen LogP contribution in [-0.4, -0.2) is 19.7 Å². The molecule has 1 rings (SSSR count). The third-order valence-corrected chi connectivity index (χ3v) is 2.20. The van der Waals surface area contributed by atoms with E-state index in [2.05, 4.69) is 5.32 Å². The maximum atomic E-state index is 8.69. The van der Waals surface area contributed by atoms with Crippen LogP contribution in [0.5, 0.6) is 5.75 Å². The van der Waals surface area contributed by atoms with Crippen LogP contribution >= 0.6 is 11.6 Å². The normalized spacial score (nSPS) is 11.9. The van der Waals surface area contributed by atoms with E-state index in [1.807, 2.05) is 20.0 Å². The molecule has 0 radical (unpaired) electrons. The highest BCUT2D eigenvalue weighted by Crippen LogP contribution is 2.22. The van der Waals surface area contributed by atoms with Crippen molar-refractivity contribution in [2.45, 2.75) is 13.0 Å². The molecule has 1 aromatic rings. The van der Waals surface area contributed by atoms with Gasteiger partial charge in [0, 0.05) is 12.6 Å². The summed E-state index contributed by atoms with van der Waals surface area (Å²) in [5.74, 6) is 0.682. The summed E-state index contributed by atoms with van der Waals surface area (Å²) in [5.41, 5.74) is 0.463. The van der Waals surface area contributed by atoms with Crippen molar-refractivity contribution in [2.24, 2.45) is 0 Å². The maximum Gasteiger partial charge on any atom is 0.121 e. The molecule has 1 unspecified atom stereocenters. The molecule has 1 aromatic carbocycles. The SMILES string of the molecule is CNCC(C)Oc1ccc(C#N)c(Cl)c1. The van der Waals surface area contributed by atoms with Gasteiger partial charge in [-0.25, -0.2) is 0 Å². The van der Waals surface area contributed by atoms with Gasteiger partial charge >= 0.3 is 0 Å². The number of ether oxygens (including phenoxy) is 1. The summed E-state index contributed by atoms with van der Waals surface area (Å²) in [7, 11) is 1.87. The molecule has 4 heteroatoms. The van der Waals surface area contributed by atoms with E-state index in [0.717, 1.165) is 6.54 Å². The van der Waals surface area contributed by atoms with E-state index in [1.165, 1.54) is 0 Å². The Morgan fingerprint density at radius 2 is 2.33 bits per heavy atom. The van der Waals surface area contributed by atoms with Gasteiger partial charge in [0.05, 0.1) is 10.6 Å². The zero-order valence-corrected chi connectivity index (χ0v) is 9.51. The largest absolute Gasteiger partial charge is 0.489 e. The Labute approximate surface area is 94.6 Å². The predicted octanol–water partition coefficient (Wildman–Crippen LogP) is 2.20. The molecular weight excluding hydrogens is 212 g/mol. The maximum absolute atomic E-state index is 8.69. The van der Waals surface area contributed by atoms with E-state index in [-0.39, 0.29) is 6.10 Å². The van der Waals surface area contributed by atoms with Gasteiger partial charge in [0.2, 0.25) is 0 Å². The highest BCUT2D eigenvalue weighted by Gasteiger charge is 2.05. The lowest BCUT2D eigenvalue weighted by Crippen LogP contribution is -2.25. The number of benzene rings is 1. The van der Waals surface area contributed by atoms with E-state index < -0.39 is 0 Å². The van der Waals surface area contributed by atoms with Gasteiger partial charge in [-0.05, 0) is 26.1 Å². The summed E-state index contributed by atoms with van der Waals surface area (Å²) >= 11 is 5.87. The smallest absolute Gasteiger partial charge is 0.121 e. The van der Waals surface area contributed by atoms with Gasteiger partial charge in [-0.1, -0.05) is 11.6 Å². The molecule has 0 spiro atoms. The second-order valence-corrected chi connectivity index (χ2v) is 3.65. The third kappa shape index (κ3) is 3.43. The molecule has 0 saturated heterocycles. The second-order valence-electron chi connectivity index (χ2n) is 3.24. The van der Waals surface area contributed by atoms with Gasteiger partial charge < -0.3 is 10.1 Å². The van der Waals surface area contributed by atoms with Gasteiger partial charge in [0.25, 0.3) is 0 Å². The van der Waals surface area contributed by atoms with Crippen LogP contribution in [0.4, 0.5) is 0 Å². The lowest BCUT2D eigenvalue weighted by molar-refractivity contribution is 0.220. The fourth-order valence-electron chi connectivity index (χ4n) is 1.22. The Kier molecular flexibility index (Phi) is 4.41.